The van der Waals surface area contributed by atoms with E-state index in [1.54, 1.807) is 17.0 Å². The summed E-state index contributed by atoms with van der Waals surface area (Å²) < 4.78 is 5.70. The van der Waals surface area contributed by atoms with Gasteiger partial charge in [0.15, 0.2) is 0 Å². The number of hydrogen-bond donors (Lipinski definition) is 1. The largest absolute Gasteiger partial charge is 0.507 e. The Labute approximate surface area is 202 Å². The predicted octanol–water partition coefficient (Wildman–Crippen LogP) is 4.89. The van der Waals surface area contributed by atoms with Gasteiger partial charge in [-0.05, 0) is 68.2 Å². The summed E-state index contributed by atoms with van der Waals surface area (Å²) in [6, 6.07) is 12.7. The minimum absolute atomic E-state index is 0.131. The predicted molar refractivity (Wildman–Crippen MR) is 135 cm³/mol. The molecule has 0 bridgehead atoms. The molecule has 1 unspecified atom stereocenters. The van der Waals surface area contributed by atoms with Gasteiger partial charge >= 0.3 is 0 Å². The van der Waals surface area contributed by atoms with Crippen LogP contribution in [0.1, 0.15) is 61.4 Å². The molecule has 0 saturated carbocycles. The van der Waals surface area contributed by atoms with Gasteiger partial charge in [-0.3, -0.25) is 9.59 Å². The van der Waals surface area contributed by atoms with E-state index in [0.29, 0.717) is 36.9 Å². The summed E-state index contributed by atoms with van der Waals surface area (Å²) in [5.41, 5.74) is 3.42. The SMILES string of the molecule is CCCOc1ccc(/C(O)=C2\C(=O)C(=O)N(CCN(C)C)C2c2ccc(C(C)C)cc2)c(C)c1. The topological polar surface area (TPSA) is 70.1 Å². The Morgan fingerprint density at radius 3 is 2.35 bits per heavy atom. The molecule has 6 heteroatoms. The fourth-order valence-corrected chi connectivity index (χ4v) is 4.18. The molecule has 2 aromatic rings. The first-order chi connectivity index (χ1) is 16.1. The molecule has 0 spiro atoms. The number of ketones is 1. The number of aryl methyl sites for hydroxylation is 1. The normalized spacial score (nSPS) is 17.8. The van der Waals surface area contributed by atoms with Crippen LogP contribution in [0.2, 0.25) is 0 Å². The summed E-state index contributed by atoms with van der Waals surface area (Å²) in [5.74, 6) is -0.307. The molecule has 1 aliphatic rings. The highest BCUT2D eigenvalue weighted by Crippen LogP contribution is 2.40. The Bertz CT molecular complexity index is 1070. The third-order valence-electron chi connectivity index (χ3n) is 6.17. The zero-order valence-electron chi connectivity index (χ0n) is 21.1. The number of likely N-dealkylation sites (tertiary alicyclic amines) is 1. The lowest BCUT2D eigenvalue weighted by molar-refractivity contribution is -0.140. The fraction of sp³-hybridized carbons (Fsp3) is 0.429. The molecule has 1 atom stereocenters. The van der Waals surface area contributed by atoms with Crippen LogP contribution in [-0.2, 0) is 9.59 Å². The molecule has 0 radical (unpaired) electrons. The van der Waals surface area contributed by atoms with Crippen LogP contribution in [0, 0.1) is 6.92 Å². The van der Waals surface area contributed by atoms with Crippen molar-refractivity contribution in [3.63, 3.8) is 0 Å². The molecule has 1 N–H and O–H groups in total. The first-order valence-corrected chi connectivity index (χ1v) is 11.9. The van der Waals surface area contributed by atoms with Crippen LogP contribution in [0.3, 0.4) is 0 Å². The van der Waals surface area contributed by atoms with Crippen molar-refractivity contribution in [3.8, 4) is 5.75 Å². The third-order valence-corrected chi connectivity index (χ3v) is 6.17. The van der Waals surface area contributed by atoms with Gasteiger partial charge in [0.05, 0.1) is 18.2 Å². The van der Waals surface area contributed by atoms with E-state index in [0.717, 1.165) is 17.5 Å². The van der Waals surface area contributed by atoms with E-state index in [-0.39, 0.29) is 11.3 Å². The molecular formula is C28H36N2O4. The molecular weight excluding hydrogens is 428 g/mol. The van der Waals surface area contributed by atoms with Gasteiger partial charge in [0.25, 0.3) is 11.7 Å². The maximum Gasteiger partial charge on any atom is 0.295 e. The maximum atomic E-state index is 13.2. The fourth-order valence-electron chi connectivity index (χ4n) is 4.18. The summed E-state index contributed by atoms with van der Waals surface area (Å²) >= 11 is 0. The van der Waals surface area contributed by atoms with E-state index in [2.05, 4.69) is 13.8 Å². The average molecular weight is 465 g/mol. The van der Waals surface area contributed by atoms with Crippen molar-refractivity contribution in [2.45, 2.75) is 46.1 Å². The zero-order chi connectivity index (χ0) is 25.0. The Morgan fingerprint density at radius 1 is 1.12 bits per heavy atom. The summed E-state index contributed by atoms with van der Waals surface area (Å²) in [6.07, 6.45) is 0.896. The van der Waals surface area contributed by atoms with Crippen LogP contribution in [0.15, 0.2) is 48.0 Å². The van der Waals surface area contributed by atoms with E-state index in [1.165, 1.54) is 5.56 Å². The van der Waals surface area contributed by atoms with Crippen molar-refractivity contribution < 1.29 is 19.4 Å². The van der Waals surface area contributed by atoms with Gasteiger partial charge in [-0.15, -0.1) is 0 Å². The van der Waals surface area contributed by atoms with Crippen LogP contribution in [0.5, 0.6) is 5.75 Å². The summed E-state index contributed by atoms with van der Waals surface area (Å²) in [6.45, 7) is 9.74. The number of amides is 1. The first-order valence-electron chi connectivity index (χ1n) is 11.9. The molecule has 1 saturated heterocycles. The Balaban J connectivity index is 2.10. The van der Waals surface area contributed by atoms with Gasteiger partial charge in [-0.25, -0.2) is 0 Å². The number of aliphatic hydroxyl groups excluding tert-OH is 1. The van der Waals surface area contributed by atoms with E-state index >= 15 is 0 Å². The monoisotopic (exact) mass is 464 g/mol. The Morgan fingerprint density at radius 2 is 1.79 bits per heavy atom. The molecule has 0 aliphatic carbocycles. The van der Waals surface area contributed by atoms with Crippen molar-refractivity contribution in [1.82, 2.24) is 9.80 Å². The second-order valence-electron chi connectivity index (χ2n) is 9.44. The van der Waals surface area contributed by atoms with Gasteiger partial charge in [-0.1, -0.05) is 45.0 Å². The summed E-state index contributed by atoms with van der Waals surface area (Å²) in [7, 11) is 3.85. The number of hydrogen-bond acceptors (Lipinski definition) is 5. The van der Waals surface area contributed by atoms with E-state index in [1.807, 2.05) is 63.2 Å². The maximum absolute atomic E-state index is 13.2. The molecule has 1 fully saturated rings. The third kappa shape index (κ3) is 5.33. The minimum atomic E-state index is -0.653. The second kappa shape index (κ2) is 10.9. The van der Waals surface area contributed by atoms with Gasteiger partial charge in [0, 0.05) is 18.7 Å². The molecule has 1 amide bonds. The number of carbonyl (C=O) groups excluding carboxylic acids is 2. The lowest BCUT2D eigenvalue weighted by Crippen LogP contribution is -2.35. The number of Topliss-reactive ketones (excluding diaryl/α,β-unsaturated/α-hetero) is 1. The lowest BCUT2D eigenvalue weighted by atomic mass is 9.92. The number of likely N-dealkylation sites (N-methyl/N-ethyl adjacent to an activating group) is 1. The molecule has 182 valence electrons. The number of benzene rings is 2. The number of aliphatic hydroxyl groups is 1. The lowest BCUT2D eigenvalue weighted by Gasteiger charge is -2.27. The van der Waals surface area contributed by atoms with Crippen molar-refractivity contribution in [2.24, 2.45) is 0 Å². The standard InChI is InChI=1S/C28H36N2O4/c1-7-16-34-22-12-13-23(19(4)17-22)26(31)24-25(21-10-8-20(9-11-21)18(2)3)30(15-14-29(5)6)28(33)27(24)32/h8-13,17-18,25,31H,7,14-16H2,1-6H3/b26-24+. The molecule has 34 heavy (non-hydrogen) atoms. The number of carbonyl (C=O) groups is 2. The van der Waals surface area contributed by atoms with Crippen molar-refractivity contribution in [3.05, 3.63) is 70.3 Å². The molecule has 0 aromatic heterocycles. The molecule has 2 aromatic carbocycles. The van der Waals surface area contributed by atoms with Crippen LogP contribution in [-0.4, -0.2) is 60.4 Å². The first kappa shape index (κ1) is 25.5. The van der Waals surface area contributed by atoms with E-state index in [4.69, 9.17) is 4.74 Å². The van der Waals surface area contributed by atoms with Crippen molar-refractivity contribution in [1.29, 1.82) is 0 Å². The minimum Gasteiger partial charge on any atom is -0.507 e. The molecule has 3 rings (SSSR count). The van der Waals surface area contributed by atoms with Gasteiger partial charge < -0.3 is 19.6 Å². The highest BCUT2D eigenvalue weighted by molar-refractivity contribution is 6.46. The Kier molecular flexibility index (Phi) is 8.15. The van der Waals surface area contributed by atoms with Crippen molar-refractivity contribution in [2.75, 3.05) is 33.8 Å². The summed E-state index contributed by atoms with van der Waals surface area (Å²) in [5, 5.41) is 11.4. The average Bonchev–Trinajstić information content (AvgIpc) is 3.05. The van der Waals surface area contributed by atoms with Crippen molar-refractivity contribution >= 4 is 17.4 Å². The van der Waals surface area contributed by atoms with E-state index in [9.17, 15) is 14.7 Å². The number of rotatable bonds is 9. The van der Waals surface area contributed by atoms with Crippen LogP contribution in [0.25, 0.3) is 5.76 Å². The van der Waals surface area contributed by atoms with Gasteiger partial charge in [0.1, 0.15) is 11.5 Å². The number of nitrogens with zero attached hydrogens (tertiary/aromatic N) is 2. The number of ether oxygens (including phenoxy) is 1. The van der Waals surface area contributed by atoms with Crippen LogP contribution in [0.4, 0.5) is 0 Å². The highest BCUT2D eigenvalue weighted by atomic mass is 16.5. The zero-order valence-corrected chi connectivity index (χ0v) is 21.1. The van der Waals surface area contributed by atoms with Crippen LogP contribution >= 0.6 is 0 Å². The molecule has 1 heterocycles. The molecule has 1 aliphatic heterocycles. The van der Waals surface area contributed by atoms with Crippen LogP contribution < -0.4 is 4.74 Å². The summed E-state index contributed by atoms with van der Waals surface area (Å²) in [4.78, 5) is 29.8. The molecule has 6 nitrogen and oxygen atoms in total. The van der Waals surface area contributed by atoms with E-state index < -0.39 is 17.7 Å². The quantitative estimate of drug-likeness (QED) is 0.325. The highest BCUT2D eigenvalue weighted by Gasteiger charge is 2.46. The Hall–Kier alpha value is -3.12. The smallest absolute Gasteiger partial charge is 0.295 e. The second-order valence-corrected chi connectivity index (χ2v) is 9.44. The van der Waals surface area contributed by atoms with Gasteiger partial charge in [-0.2, -0.15) is 0 Å². The van der Waals surface area contributed by atoms with Gasteiger partial charge in [0.2, 0.25) is 0 Å².